The van der Waals surface area contributed by atoms with E-state index in [0.29, 0.717) is 41.2 Å². The van der Waals surface area contributed by atoms with Gasteiger partial charge >= 0.3 is 0 Å². The maximum Gasteiger partial charge on any atom is 0.248 e. The van der Waals surface area contributed by atoms with Gasteiger partial charge in [0.1, 0.15) is 17.8 Å². The molecule has 2 aromatic carbocycles. The smallest absolute Gasteiger partial charge is 0.248 e. The predicted molar refractivity (Wildman–Crippen MR) is 114 cm³/mol. The van der Waals surface area contributed by atoms with Gasteiger partial charge in [0.15, 0.2) is 17.3 Å². The van der Waals surface area contributed by atoms with Crippen LogP contribution in [0.15, 0.2) is 42.7 Å². The Hall–Kier alpha value is -3.48. The van der Waals surface area contributed by atoms with Gasteiger partial charge in [0.2, 0.25) is 5.88 Å². The van der Waals surface area contributed by atoms with Gasteiger partial charge in [-0.3, -0.25) is 0 Å². The molecule has 0 aliphatic rings. The number of aryl methyl sites for hydroxylation is 2. The third-order valence-corrected chi connectivity index (χ3v) is 4.41. The molecule has 0 aliphatic carbocycles. The van der Waals surface area contributed by atoms with Gasteiger partial charge < -0.3 is 25.3 Å². The van der Waals surface area contributed by atoms with Gasteiger partial charge in [0, 0.05) is 6.54 Å². The number of nitrogens with one attached hydrogen (secondary N) is 1. The first-order valence-corrected chi connectivity index (χ1v) is 9.31. The lowest BCUT2D eigenvalue weighted by Gasteiger charge is -2.13. The van der Waals surface area contributed by atoms with Crippen LogP contribution < -0.4 is 25.3 Å². The number of rotatable bonds is 8. The average molecular weight is 394 g/mol. The standard InChI is InChI=1S/C22H26N4O3/c1-14-9-15(2)11-17(10-14)29-22-20(23)21(25-13-26-22)24-8-7-16-5-6-18(27-3)19(12-16)28-4/h5-6,9-13H,7-8,23H2,1-4H3,(H,24,25,26). The number of hydrogen-bond acceptors (Lipinski definition) is 7. The largest absolute Gasteiger partial charge is 0.493 e. The molecular weight excluding hydrogens is 368 g/mol. The summed E-state index contributed by atoms with van der Waals surface area (Å²) in [6, 6.07) is 11.8. The van der Waals surface area contributed by atoms with Crippen molar-refractivity contribution in [2.45, 2.75) is 20.3 Å². The first-order chi connectivity index (χ1) is 14.0. The molecule has 0 saturated carbocycles. The molecule has 0 amide bonds. The molecule has 3 N–H and O–H groups in total. The lowest BCUT2D eigenvalue weighted by molar-refractivity contribution is 0.354. The molecule has 0 saturated heterocycles. The Morgan fingerprint density at radius 3 is 2.34 bits per heavy atom. The van der Waals surface area contributed by atoms with Gasteiger partial charge in [0.25, 0.3) is 0 Å². The highest BCUT2D eigenvalue weighted by Crippen LogP contribution is 2.31. The number of nitrogen functional groups attached to an aromatic ring is 1. The van der Waals surface area contributed by atoms with Gasteiger partial charge in [-0.2, -0.15) is 4.98 Å². The highest BCUT2D eigenvalue weighted by Gasteiger charge is 2.11. The molecule has 0 unspecified atom stereocenters. The molecule has 0 atom stereocenters. The SMILES string of the molecule is COc1ccc(CCNc2ncnc(Oc3cc(C)cc(C)c3)c2N)cc1OC. The molecular formula is C22H26N4O3. The third kappa shape index (κ3) is 5.07. The number of methoxy groups -OCH3 is 2. The maximum atomic E-state index is 6.22. The van der Waals surface area contributed by atoms with Gasteiger partial charge in [0.05, 0.1) is 14.2 Å². The fourth-order valence-corrected chi connectivity index (χ4v) is 3.07. The van der Waals surface area contributed by atoms with E-state index in [2.05, 4.69) is 21.4 Å². The molecule has 3 aromatic rings. The second kappa shape index (κ2) is 9.14. The zero-order valence-corrected chi connectivity index (χ0v) is 17.2. The van der Waals surface area contributed by atoms with Gasteiger partial charge in [-0.1, -0.05) is 12.1 Å². The minimum atomic E-state index is 0.332. The summed E-state index contributed by atoms with van der Waals surface area (Å²) in [7, 11) is 3.24. The Balaban J connectivity index is 1.67. The molecule has 0 radical (unpaired) electrons. The van der Waals surface area contributed by atoms with E-state index in [0.717, 1.165) is 23.1 Å². The summed E-state index contributed by atoms with van der Waals surface area (Å²) in [6.07, 6.45) is 2.20. The Morgan fingerprint density at radius 2 is 1.66 bits per heavy atom. The third-order valence-electron chi connectivity index (χ3n) is 4.41. The van der Waals surface area contributed by atoms with Crippen LogP contribution in [0.4, 0.5) is 11.5 Å². The highest BCUT2D eigenvalue weighted by atomic mass is 16.5. The van der Waals surface area contributed by atoms with Crippen LogP contribution in [0.5, 0.6) is 23.1 Å². The van der Waals surface area contributed by atoms with E-state index in [1.165, 1.54) is 6.33 Å². The quantitative estimate of drug-likeness (QED) is 0.593. The van der Waals surface area contributed by atoms with Crippen molar-refractivity contribution in [3.8, 4) is 23.1 Å². The van der Waals surface area contributed by atoms with Crippen molar-refractivity contribution in [2.75, 3.05) is 31.8 Å². The molecule has 29 heavy (non-hydrogen) atoms. The van der Waals surface area contributed by atoms with Crippen molar-refractivity contribution in [3.05, 3.63) is 59.4 Å². The molecule has 7 heteroatoms. The zero-order valence-electron chi connectivity index (χ0n) is 17.2. The van der Waals surface area contributed by atoms with Crippen LogP contribution >= 0.6 is 0 Å². The Bertz CT molecular complexity index is 972. The number of nitrogens with two attached hydrogens (primary N) is 1. The number of benzene rings is 2. The van der Waals surface area contributed by atoms with Crippen LogP contribution in [-0.4, -0.2) is 30.7 Å². The molecule has 0 aliphatic heterocycles. The fourth-order valence-electron chi connectivity index (χ4n) is 3.07. The van der Waals surface area contributed by atoms with E-state index in [9.17, 15) is 0 Å². The molecule has 7 nitrogen and oxygen atoms in total. The fraction of sp³-hybridized carbons (Fsp3) is 0.273. The van der Waals surface area contributed by atoms with E-state index in [1.807, 2.05) is 44.2 Å². The summed E-state index contributed by atoms with van der Waals surface area (Å²) in [5.41, 5.74) is 9.93. The van der Waals surface area contributed by atoms with Crippen molar-refractivity contribution in [3.63, 3.8) is 0 Å². The Labute approximate surface area is 170 Å². The van der Waals surface area contributed by atoms with Crippen LogP contribution in [0.25, 0.3) is 0 Å². The normalized spacial score (nSPS) is 10.5. The molecule has 1 heterocycles. The molecule has 1 aromatic heterocycles. The van der Waals surface area contributed by atoms with Gasteiger partial charge in [-0.05, 0) is 61.2 Å². The second-order valence-corrected chi connectivity index (χ2v) is 6.73. The number of hydrogen-bond donors (Lipinski definition) is 2. The second-order valence-electron chi connectivity index (χ2n) is 6.73. The average Bonchev–Trinajstić information content (AvgIpc) is 2.70. The summed E-state index contributed by atoms with van der Waals surface area (Å²) < 4.78 is 16.5. The molecule has 3 rings (SSSR count). The zero-order chi connectivity index (χ0) is 20.8. The maximum absolute atomic E-state index is 6.22. The van der Waals surface area contributed by atoms with E-state index < -0.39 is 0 Å². The van der Waals surface area contributed by atoms with Crippen LogP contribution in [-0.2, 0) is 6.42 Å². The summed E-state index contributed by atoms with van der Waals surface area (Å²) >= 11 is 0. The Kier molecular flexibility index (Phi) is 6.39. The van der Waals surface area contributed by atoms with Crippen molar-refractivity contribution in [1.82, 2.24) is 9.97 Å². The van der Waals surface area contributed by atoms with Crippen molar-refractivity contribution in [1.29, 1.82) is 0 Å². The van der Waals surface area contributed by atoms with Crippen molar-refractivity contribution >= 4 is 11.5 Å². The number of ether oxygens (including phenoxy) is 3. The van der Waals surface area contributed by atoms with Crippen LogP contribution in [0, 0.1) is 13.8 Å². The first-order valence-electron chi connectivity index (χ1n) is 9.31. The summed E-state index contributed by atoms with van der Waals surface area (Å²) in [6.45, 7) is 4.67. The van der Waals surface area contributed by atoms with E-state index in [-0.39, 0.29) is 0 Å². The highest BCUT2D eigenvalue weighted by molar-refractivity contribution is 5.67. The van der Waals surface area contributed by atoms with Gasteiger partial charge in [-0.25, -0.2) is 4.98 Å². The van der Waals surface area contributed by atoms with E-state index in [1.54, 1.807) is 14.2 Å². The minimum Gasteiger partial charge on any atom is -0.493 e. The molecule has 0 fully saturated rings. The number of nitrogens with zero attached hydrogens (tertiary/aromatic N) is 2. The van der Waals surface area contributed by atoms with Crippen LogP contribution in [0.1, 0.15) is 16.7 Å². The van der Waals surface area contributed by atoms with E-state index in [4.69, 9.17) is 19.9 Å². The first kappa shape index (κ1) is 20.3. The number of aromatic nitrogens is 2. The number of anilines is 2. The molecule has 0 spiro atoms. The predicted octanol–water partition coefficient (Wildman–Crippen LogP) is 4.14. The Morgan fingerprint density at radius 1 is 0.931 bits per heavy atom. The lowest BCUT2D eigenvalue weighted by atomic mass is 10.1. The monoisotopic (exact) mass is 394 g/mol. The van der Waals surface area contributed by atoms with Crippen molar-refractivity contribution < 1.29 is 14.2 Å². The lowest BCUT2D eigenvalue weighted by Crippen LogP contribution is -2.10. The molecule has 0 bridgehead atoms. The van der Waals surface area contributed by atoms with Crippen LogP contribution in [0.3, 0.4) is 0 Å². The minimum absolute atomic E-state index is 0.332. The van der Waals surface area contributed by atoms with Gasteiger partial charge in [-0.15, -0.1) is 0 Å². The van der Waals surface area contributed by atoms with Crippen LogP contribution in [0.2, 0.25) is 0 Å². The van der Waals surface area contributed by atoms with Crippen molar-refractivity contribution in [2.24, 2.45) is 0 Å². The summed E-state index contributed by atoms with van der Waals surface area (Å²) in [4.78, 5) is 8.41. The summed E-state index contributed by atoms with van der Waals surface area (Å²) in [5.74, 6) is 2.98. The summed E-state index contributed by atoms with van der Waals surface area (Å²) in [5, 5.41) is 3.25. The topological polar surface area (TPSA) is 91.5 Å². The van der Waals surface area contributed by atoms with E-state index >= 15 is 0 Å². The molecule has 152 valence electrons.